The minimum absolute atomic E-state index is 0.238. The van der Waals surface area contributed by atoms with Crippen molar-refractivity contribution in [2.24, 2.45) is 5.73 Å². The highest BCUT2D eigenvalue weighted by atomic mass is 32.1. The number of rotatable bonds is 3. The summed E-state index contributed by atoms with van der Waals surface area (Å²) in [7, 11) is 0. The minimum Gasteiger partial charge on any atom is -0.388 e. The van der Waals surface area contributed by atoms with Crippen molar-refractivity contribution in [2.75, 3.05) is 5.32 Å². The average molecular weight is 247 g/mol. The van der Waals surface area contributed by atoms with Crippen LogP contribution in [0.2, 0.25) is 0 Å². The van der Waals surface area contributed by atoms with Crippen LogP contribution in [-0.2, 0) is 0 Å². The van der Waals surface area contributed by atoms with Gasteiger partial charge in [0.25, 0.3) is 0 Å². The Morgan fingerprint density at radius 1 is 1.24 bits per heavy atom. The molecule has 0 aliphatic heterocycles. The number of hydrogen-bond acceptors (Lipinski definition) is 3. The Hall–Kier alpha value is -2.01. The molecule has 2 rings (SSSR count). The molecule has 0 saturated heterocycles. The van der Waals surface area contributed by atoms with Crippen molar-refractivity contribution in [3.63, 3.8) is 0 Å². The number of nitrogens with zero attached hydrogens (tertiary/aromatic N) is 1. The van der Waals surface area contributed by atoms with Gasteiger partial charge in [-0.1, -0.05) is 24.4 Å². The van der Waals surface area contributed by atoms with Crippen LogP contribution >= 0.6 is 12.2 Å². The Kier molecular flexibility index (Phi) is 3.30. The molecule has 86 valence electrons. The van der Waals surface area contributed by atoms with Crippen molar-refractivity contribution >= 4 is 28.6 Å². The van der Waals surface area contributed by atoms with Gasteiger partial charge in [-0.2, -0.15) is 0 Å². The summed E-state index contributed by atoms with van der Waals surface area (Å²) in [5.74, 6) is -0.314. The lowest BCUT2D eigenvalue weighted by Gasteiger charge is -2.07. The van der Waals surface area contributed by atoms with Gasteiger partial charge < -0.3 is 11.1 Å². The van der Waals surface area contributed by atoms with Crippen LogP contribution in [0.25, 0.3) is 0 Å². The SMILES string of the molecule is NC(=S)c1ccc(Nc2ccccc2F)cn1. The van der Waals surface area contributed by atoms with E-state index in [1.807, 2.05) is 0 Å². The van der Waals surface area contributed by atoms with Crippen molar-refractivity contribution in [3.05, 3.63) is 54.1 Å². The van der Waals surface area contributed by atoms with Gasteiger partial charge >= 0.3 is 0 Å². The molecule has 3 N–H and O–H groups in total. The smallest absolute Gasteiger partial charge is 0.146 e. The second kappa shape index (κ2) is 4.88. The van der Waals surface area contributed by atoms with Crippen LogP contribution < -0.4 is 11.1 Å². The molecule has 2 aromatic rings. The van der Waals surface area contributed by atoms with E-state index in [9.17, 15) is 4.39 Å². The van der Waals surface area contributed by atoms with Crippen molar-refractivity contribution in [1.82, 2.24) is 4.98 Å². The standard InChI is InChI=1S/C12H10FN3S/c13-9-3-1-2-4-10(9)16-8-5-6-11(12(14)17)15-7-8/h1-7,16H,(H2,14,17). The van der Waals surface area contributed by atoms with Crippen LogP contribution in [0, 0.1) is 5.82 Å². The molecule has 0 atom stereocenters. The third-order valence-corrected chi connectivity index (χ3v) is 2.38. The lowest BCUT2D eigenvalue weighted by atomic mass is 10.3. The van der Waals surface area contributed by atoms with E-state index < -0.39 is 0 Å². The van der Waals surface area contributed by atoms with Crippen LogP contribution in [0.5, 0.6) is 0 Å². The Bertz CT molecular complexity index is 540. The van der Waals surface area contributed by atoms with Gasteiger partial charge in [-0.05, 0) is 24.3 Å². The Labute approximate surface area is 103 Å². The lowest BCUT2D eigenvalue weighted by Crippen LogP contribution is -2.11. The van der Waals surface area contributed by atoms with E-state index >= 15 is 0 Å². The number of nitrogens with two attached hydrogens (primary N) is 1. The molecule has 17 heavy (non-hydrogen) atoms. The number of aromatic nitrogens is 1. The van der Waals surface area contributed by atoms with Gasteiger partial charge in [0.2, 0.25) is 0 Å². The van der Waals surface area contributed by atoms with Crippen LogP contribution in [0.1, 0.15) is 5.69 Å². The van der Waals surface area contributed by atoms with Gasteiger partial charge in [0.15, 0.2) is 0 Å². The maximum Gasteiger partial charge on any atom is 0.146 e. The van der Waals surface area contributed by atoms with Crippen LogP contribution in [0.4, 0.5) is 15.8 Å². The first kappa shape index (κ1) is 11.5. The summed E-state index contributed by atoms with van der Waals surface area (Å²) in [5, 5.41) is 2.92. The largest absolute Gasteiger partial charge is 0.388 e. The summed E-state index contributed by atoms with van der Waals surface area (Å²) >= 11 is 4.79. The van der Waals surface area contributed by atoms with E-state index in [4.69, 9.17) is 18.0 Å². The van der Waals surface area contributed by atoms with E-state index in [-0.39, 0.29) is 10.8 Å². The first-order chi connectivity index (χ1) is 8.16. The topological polar surface area (TPSA) is 50.9 Å². The molecular formula is C12H10FN3S. The molecule has 0 bridgehead atoms. The average Bonchev–Trinajstić information content (AvgIpc) is 2.33. The second-order valence-electron chi connectivity index (χ2n) is 3.40. The number of halogens is 1. The van der Waals surface area contributed by atoms with Gasteiger partial charge in [-0.3, -0.25) is 4.98 Å². The summed E-state index contributed by atoms with van der Waals surface area (Å²) < 4.78 is 13.4. The molecule has 0 aliphatic rings. The zero-order valence-corrected chi connectivity index (χ0v) is 9.67. The van der Waals surface area contributed by atoms with Crippen LogP contribution in [-0.4, -0.2) is 9.97 Å². The Morgan fingerprint density at radius 3 is 2.59 bits per heavy atom. The molecule has 0 fully saturated rings. The molecule has 1 heterocycles. The van der Waals surface area contributed by atoms with Crippen LogP contribution in [0.15, 0.2) is 42.6 Å². The van der Waals surface area contributed by atoms with E-state index in [0.717, 1.165) is 0 Å². The second-order valence-corrected chi connectivity index (χ2v) is 3.84. The van der Waals surface area contributed by atoms with Crippen LogP contribution in [0.3, 0.4) is 0 Å². The fourth-order valence-corrected chi connectivity index (χ4v) is 1.45. The molecule has 0 aliphatic carbocycles. The third kappa shape index (κ3) is 2.76. The zero-order valence-electron chi connectivity index (χ0n) is 8.85. The monoisotopic (exact) mass is 247 g/mol. The number of hydrogen-bond donors (Lipinski definition) is 2. The molecule has 5 heteroatoms. The highest BCUT2D eigenvalue weighted by molar-refractivity contribution is 7.80. The normalized spacial score (nSPS) is 9.94. The fourth-order valence-electron chi connectivity index (χ4n) is 1.33. The summed E-state index contributed by atoms with van der Waals surface area (Å²) in [5.41, 5.74) is 7.05. The zero-order chi connectivity index (χ0) is 12.3. The van der Waals surface area contributed by atoms with E-state index in [2.05, 4.69) is 10.3 Å². The van der Waals surface area contributed by atoms with E-state index in [1.54, 1.807) is 36.5 Å². The van der Waals surface area contributed by atoms with Gasteiger partial charge in [0.05, 0.1) is 23.3 Å². The van der Waals surface area contributed by atoms with Gasteiger partial charge in [-0.25, -0.2) is 4.39 Å². The summed E-state index contributed by atoms with van der Waals surface area (Å²) in [6.07, 6.45) is 1.56. The van der Waals surface area contributed by atoms with Crippen molar-refractivity contribution in [2.45, 2.75) is 0 Å². The quantitative estimate of drug-likeness (QED) is 0.819. The first-order valence-corrected chi connectivity index (χ1v) is 5.35. The fraction of sp³-hybridized carbons (Fsp3) is 0. The number of thiocarbonyl (C=S) groups is 1. The van der Waals surface area contributed by atoms with Crippen molar-refractivity contribution in [3.8, 4) is 0 Å². The maximum absolute atomic E-state index is 13.4. The van der Waals surface area contributed by atoms with Crippen molar-refractivity contribution in [1.29, 1.82) is 0 Å². The highest BCUT2D eigenvalue weighted by Gasteiger charge is 2.02. The highest BCUT2D eigenvalue weighted by Crippen LogP contribution is 2.18. The van der Waals surface area contributed by atoms with Gasteiger partial charge in [-0.15, -0.1) is 0 Å². The minimum atomic E-state index is -0.314. The third-order valence-electron chi connectivity index (χ3n) is 2.17. The number of anilines is 2. The Balaban J connectivity index is 2.20. The predicted octanol–water partition coefficient (Wildman–Crippen LogP) is 2.60. The van der Waals surface area contributed by atoms with E-state index in [0.29, 0.717) is 17.1 Å². The molecule has 0 amide bonds. The maximum atomic E-state index is 13.4. The molecule has 1 aromatic heterocycles. The van der Waals surface area contributed by atoms with E-state index in [1.165, 1.54) is 6.07 Å². The number of nitrogens with one attached hydrogen (secondary N) is 1. The molecule has 0 saturated carbocycles. The van der Waals surface area contributed by atoms with Gasteiger partial charge in [0.1, 0.15) is 10.8 Å². The first-order valence-electron chi connectivity index (χ1n) is 4.94. The predicted molar refractivity (Wildman–Crippen MR) is 69.8 cm³/mol. The van der Waals surface area contributed by atoms with Crippen molar-refractivity contribution < 1.29 is 4.39 Å². The molecule has 0 unspecified atom stereocenters. The molecule has 1 aromatic carbocycles. The summed E-state index contributed by atoms with van der Waals surface area (Å²) in [4.78, 5) is 4.29. The lowest BCUT2D eigenvalue weighted by molar-refractivity contribution is 0.632. The number of pyridine rings is 1. The molecule has 0 spiro atoms. The number of para-hydroxylation sites is 1. The Morgan fingerprint density at radius 2 is 2.00 bits per heavy atom. The number of benzene rings is 1. The molecule has 0 radical (unpaired) electrons. The molecular weight excluding hydrogens is 237 g/mol. The summed E-state index contributed by atoms with van der Waals surface area (Å²) in [6.45, 7) is 0. The molecule has 3 nitrogen and oxygen atoms in total. The van der Waals surface area contributed by atoms with Gasteiger partial charge in [0, 0.05) is 0 Å². The summed E-state index contributed by atoms with van der Waals surface area (Å²) in [6, 6.07) is 9.85.